The topological polar surface area (TPSA) is 42.3 Å². The number of carbonyl (C=O) groups is 1. The van der Waals surface area contributed by atoms with E-state index < -0.39 is 0 Å². The molecule has 0 unspecified atom stereocenters. The van der Waals surface area contributed by atoms with Crippen LogP contribution in [0.2, 0.25) is 0 Å². The number of carbonyl (C=O) groups excluding carboxylic acids is 1. The van der Waals surface area contributed by atoms with Crippen molar-refractivity contribution in [2.75, 3.05) is 6.54 Å². The fourth-order valence-electron chi connectivity index (χ4n) is 3.73. The first-order valence-electron chi connectivity index (χ1n) is 10.6. The van der Waals surface area contributed by atoms with E-state index in [4.69, 9.17) is 0 Å². The quantitative estimate of drug-likeness (QED) is 0.533. The van der Waals surface area contributed by atoms with E-state index in [0.29, 0.717) is 6.42 Å². The van der Waals surface area contributed by atoms with Crippen LogP contribution >= 0.6 is 0 Å². The van der Waals surface area contributed by atoms with Crippen LogP contribution in [-0.2, 0) is 18.3 Å². The summed E-state index contributed by atoms with van der Waals surface area (Å²) in [5.74, 6) is 0.178. The molecule has 1 amide bonds. The minimum absolute atomic E-state index is 0.0161. The number of hydrogen-bond donors (Lipinski definition) is 0. The second kappa shape index (κ2) is 10.1. The lowest BCUT2D eigenvalue weighted by atomic mass is 10.0. The zero-order chi connectivity index (χ0) is 21.5. The summed E-state index contributed by atoms with van der Waals surface area (Å²) in [4.78, 5) is 26.2. The van der Waals surface area contributed by atoms with Crippen LogP contribution in [0.5, 0.6) is 0 Å². The number of hydrogen-bond acceptors (Lipinski definition) is 2. The van der Waals surface area contributed by atoms with Gasteiger partial charge in [0.2, 0.25) is 11.5 Å². The number of aromatic nitrogens is 1. The van der Waals surface area contributed by atoms with Gasteiger partial charge in [0, 0.05) is 32.3 Å². The van der Waals surface area contributed by atoms with E-state index >= 15 is 0 Å². The molecule has 0 bridgehead atoms. The highest BCUT2D eigenvalue weighted by Crippen LogP contribution is 2.25. The first kappa shape index (κ1) is 21.6. The number of nitrogens with zero attached hydrogens (tertiary/aromatic N) is 2. The average Bonchev–Trinajstić information content (AvgIpc) is 2.78. The second-order valence-corrected chi connectivity index (χ2v) is 7.69. The first-order valence-corrected chi connectivity index (χ1v) is 10.6. The minimum atomic E-state index is -0.0202. The number of pyridine rings is 1. The zero-order valence-corrected chi connectivity index (χ0v) is 18.0. The maximum Gasteiger partial charge on any atom is 0.250 e. The molecule has 2 aromatic carbocycles. The standard InChI is InChI=1S/C26H30N2O2/c1-4-25(29)28(18-8-11-21-9-6-5-7-10-21)20(2)22-12-14-23(15-13-22)24-16-17-26(30)27(3)19-24/h5-7,9-10,12-17,19-20H,4,8,11,18H2,1-3H3/t20-/m0/s1. The Morgan fingerprint density at radius 1 is 0.967 bits per heavy atom. The molecule has 0 aliphatic rings. The van der Waals surface area contributed by atoms with Gasteiger partial charge < -0.3 is 9.47 Å². The van der Waals surface area contributed by atoms with Gasteiger partial charge >= 0.3 is 0 Å². The molecule has 0 radical (unpaired) electrons. The number of benzene rings is 2. The molecule has 0 aliphatic heterocycles. The third-order valence-corrected chi connectivity index (χ3v) is 5.61. The molecule has 3 rings (SSSR count). The maximum atomic E-state index is 12.6. The number of amides is 1. The van der Waals surface area contributed by atoms with Crippen molar-refractivity contribution in [3.8, 4) is 11.1 Å². The summed E-state index contributed by atoms with van der Waals surface area (Å²) in [5, 5.41) is 0. The molecule has 4 heteroatoms. The Bertz CT molecular complexity index is 1020. The van der Waals surface area contributed by atoms with Gasteiger partial charge in [0.25, 0.3) is 0 Å². The Morgan fingerprint density at radius 2 is 1.63 bits per heavy atom. The third kappa shape index (κ3) is 5.26. The van der Waals surface area contributed by atoms with Crippen molar-refractivity contribution in [1.82, 2.24) is 9.47 Å². The highest BCUT2D eigenvalue weighted by Gasteiger charge is 2.20. The van der Waals surface area contributed by atoms with E-state index in [2.05, 4.69) is 55.5 Å². The van der Waals surface area contributed by atoms with Crippen molar-refractivity contribution < 1.29 is 4.79 Å². The smallest absolute Gasteiger partial charge is 0.250 e. The Kier molecular flexibility index (Phi) is 7.23. The highest BCUT2D eigenvalue weighted by molar-refractivity contribution is 5.76. The van der Waals surface area contributed by atoms with Gasteiger partial charge in [0.05, 0.1) is 6.04 Å². The van der Waals surface area contributed by atoms with E-state index in [-0.39, 0.29) is 17.5 Å². The summed E-state index contributed by atoms with van der Waals surface area (Å²) in [6.45, 7) is 4.75. The van der Waals surface area contributed by atoms with Crippen LogP contribution in [0.15, 0.2) is 77.7 Å². The molecule has 1 heterocycles. The molecule has 0 fully saturated rings. The van der Waals surface area contributed by atoms with Crippen LogP contribution in [0.3, 0.4) is 0 Å². The van der Waals surface area contributed by atoms with Gasteiger partial charge in [0.1, 0.15) is 0 Å². The van der Waals surface area contributed by atoms with Crippen LogP contribution in [0.1, 0.15) is 43.9 Å². The Labute approximate surface area is 178 Å². The molecule has 0 N–H and O–H groups in total. The average molecular weight is 403 g/mol. The van der Waals surface area contributed by atoms with Crippen molar-refractivity contribution in [3.63, 3.8) is 0 Å². The van der Waals surface area contributed by atoms with E-state index in [1.165, 1.54) is 5.56 Å². The minimum Gasteiger partial charge on any atom is -0.336 e. The Morgan fingerprint density at radius 3 is 2.27 bits per heavy atom. The highest BCUT2D eigenvalue weighted by atomic mass is 16.2. The largest absolute Gasteiger partial charge is 0.336 e. The molecule has 0 saturated carbocycles. The van der Waals surface area contributed by atoms with Gasteiger partial charge in [-0.15, -0.1) is 0 Å². The predicted octanol–water partition coefficient (Wildman–Crippen LogP) is 4.98. The number of aryl methyl sites for hydroxylation is 2. The van der Waals surface area contributed by atoms with Gasteiger partial charge in [-0.05, 0) is 48.1 Å². The molecule has 30 heavy (non-hydrogen) atoms. The van der Waals surface area contributed by atoms with Gasteiger partial charge in [-0.3, -0.25) is 9.59 Å². The van der Waals surface area contributed by atoms with E-state index in [1.807, 2.05) is 30.2 Å². The van der Waals surface area contributed by atoms with Crippen LogP contribution < -0.4 is 5.56 Å². The predicted molar refractivity (Wildman–Crippen MR) is 122 cm³/mol. The van der Waals surface area contributed by atoms with Crippen molar-refractivity contribution in [3.05, 3.63) is 94.4 Å². The SMILES string of the molecule is CCC(=O)N(CCCc1ccccc1)[C@@H](C)c1ccc(-c2ccc(=O)n(C)c2)cc1. The van der Waals surface area contributed by atoms with Gasteiger partial charge in [0.15, 0.2) is 0 Å². The lowest BCUT2D eigenvalue weighted by Crippen LogP contribution is -2.34. The Balaban J connectivity index is 1.71. The van der Waals surface area contributed by atoms with Crippen LogP contribution in [0.4, 0.5) is 0 Å². The van der Waals surface area contributed by atoms with E-state index in [0.717, 1.165) is 36.1 Å². The molecule has 1 atom stereocenters. The molecule has 3 aromatic rings. The normalized spacial score (nSPS) is 11.8. The van der Waals surface area contributed by atoms with Crippen molar-refractivity contribution >= 4 is 5.91 Å². The van der Waals surface area contributed by atoms with Crippen LogP contribution in [0.25, 0.3) is 11.1 Å². The first-order chi connectivity index (χ1) is 14.5. The lowest BCUT2D eigenvalue weighted by molar-refractivity contribution is -0.133. The lowest BCUT2D eigenvalue weighted by Gasteiger charge is -2.30. The van der Waals surface area contributed by atoms with Gasteiger partial charge in [-0.25, -0.2) is 0 Å². The molecule has 0 saturated heterocycles. The van der Waals surface area contributed by atoms with Crippen molar-refractivity contribution in [2.45, 2.75) is 39.2 Å². The summed E-state index contributed by atoms with van der Waals surface area (Å²) in [7, 11) is 1.76. The summed E-state index contributed by atoms with van der Waals surface area (Å²) >= 11 is 0. The van der Waals surface area contributed by atoms with Crippen LogP contribution in [0, 0.1) is 0 Å². The molecule has 0 spiro atoms. The van der Waals surface area contributed by atoms with Gasteiger partial charge in [-0.1, -0.05) is 61.5 Å². The monoisotopic (exact) mass is 402 g/mol. The summed E-state index contributed by atoms with van der Waals surface area (Å²) in [5.41, 5.74) is 4.45. The fourth-order valence-corrected chi connectivity index (χ4v) is 3.73. The molecule has 0 aliphatic carbocycles. The third-order valence-electron chi connectivity index (χ3n) is 5.61. The molecule has 1 aromatic heterocycles. The number of rotatable bonds is 8. The molecule has 156 valence electrons. The molecular formula is C26H30N2O2. The molecular weight excluding hydrogens is 372 g/mol. The van der Waals surface area contributed by atoms with Crippen LogP contribution in [-0.4, -0.2) is 21.9 Å². The fraction of sp³-hybridized carbons (Fsp3) is 0.308. The summed E-state index contributed by atoms with van der Waals surface area (Å²) in [6, 6.07) is 22.1. The summed E-state index contributed by atoms with van der Waals surface area (Å²) < 4.78 is 1.58. The van der Waals surface area contributed by atoms with E-state index in [1.54, 1.807) is 17.7 Å². The second-order valence-electron chi connectivity index (χ2n) is 7.69. The van der Waals surface area contributed by atoms with Crippen molar-refractivity contribution in [1.29, 1.82) is 0 Å². The summed E-state index contributed by atoms with van der Waals surface area (Å²) in [6.07, 6.45) is 4.26. The van der Waals surface area contributed by atoms with Crippen molar-refractivity contribution in [2.24, 2.45) is 7.05 Å². The molecule has 4 nitrogen and oxygen atoms in total. The zero-order valence-electron chi connectivity index (χ0n) is 18.0. The Hall–Kier alpha value is -3.14. The maximum absolute atomic E-state index is 12.6. The van der Waals surface area contributed by atoms with Gasteiger partial charge in [-0.2, -0.15) is 0 Å². The van der Waals surface area contributed by atoms with E-state index in [9.17, 15) is 9.59 Å².